The molecule has 2 N–H and O–H groups in total. The second-order valence-corrected chi connectivity index (χ2v) is 8.86. The van der Waals surface area contributed by atoms with E-state index in [0.717, 1.165) is 35.1 Å². The predicted octanol–water partition coefficient (Wildman–Crippen LogP) is 3.90. The Morgan fingerprint density at radius 2 is 1.76 bits per heavy atom. The van der Waals surface area contributed by atoms with Gasteiger partial charge in [0.2, 0.25) is 17.4 Å². The summed E-state index contributed by atoms with van der Waals surface area (Å²) in [4.78, 5) is 42.3. The zero-order valence-electron chi connectivity index (χ0n) is 20.4. The third-order valence-corrected chi connectivity index (χ3v) is 6.51. The van der Waals surface area contributed by atoms with Crippen LogP contribution < -0.4 is 0 Å². The van der Waals surface area contributed by atoms with E-state index in [2.05, 4.69) is 25.6 Å². The van der Waals surface area contributed by atoms with Gasteiger partial charge in [0.25, 0.3) is 0 Å². The molecule has 5 rings (SSSR count). The zero-order valence-corrected chi connectivity index (χ0v) is 20.4. The summed E-state index contributed by atoms with van der Waals surface area (Å²) in [6.45, 7) is 3.75. The maximum Gasteiger partial charge on any atom is 0.340 e. The minimum Gasteiger partial charge on any atom is -0.478 e. The van der Waals surface area contributed by atoms with Crippen LogP contribution in [-0.2, 0) is 17.8 Å². The van der Waals surface area contributed by atoms with Gasteiger partial charge in [0, 0.05) is 24.1 Å². The van der Waals surface area contributed by atoms with E-state index in [1.54, 1.807) is 4.57 Å². The van der Waals surface area contributed by atoms with Gasteiger partial charge in [0.05, 0.1) is 0 Å². The fourth-order valence-electron chi connectivity index (χ4n) is 4.60. The van der Waals surface area contributed by atoms with E-state index >= 15 is 0 Å². The molecular weight excluding hydrogens is 472 g/mol. The van der Waals surface area contributed by atoms with Crippen molar-refractivity contribution in [3.05, 3.63) is 82.5 Å². The van der Waals surface area contributed by atoms with E-state index in [0.29, 0.717) is 24.6 Å². The summed E-state index contributed by atoms with van der Waals surface area (Å²) < 4.78 is 1.76. The van der Waals surface area contributed by atoms with E-state index < -0.39 is 23.1 Å². The van der Waals surface area contributed by atoms with Gasteiger partial charge in [-0.15, -0.1) is 10.2 Å². The highest BCUT2D eigenvalue weighted by molar-refractivity contribution is 6.34. The number of nitrogens with zero attached hydrogens (tertiary/aromatic N) is 5. The van der Waals surface area contributed by atoms with Gasteiger partial charge in [0.15, 0.2) is 0 Å². The molecule has 0 radical (unpaired) electrons. The number of carbonyl (C=O) groups excluding carboxylic acids is 2. The summed E-state index contributed by atoms with van der Waals surface area (Å²) in [5, 5.41) is 23.8. The second kappa shape index (κ2) is 9.73. The highest BCUT2D eigenvalue weighted by Crippen LogP contribution is 2.31. The number of aromatic nitrogens is 6. The first kappa shape index (κ1) is 24.0. The Morgan fingerprint density at radius 1 is 1.03 bits per heavy atom. The highest BCUT2D eigenvalue weighted by Gasteiger charge is 2.38. The van der Waals surface area contributed by atoms with Crippen LogP contribution in [0.15, 0.2) is 59.7 Å². The molecule has 0 aliphatic heterocycles. The lowest BCUT2D eigenvalue weighted by Crippen LogP contribution is -2.27. The lowest BCUT2D eigenvalue weighted by molar-refractivity contribution is -0.132. The average Bonchev–Trinajstić information content (AvgIpc) is 3.56. The van der Waals surface area contributed by atoms with E-state index in [1.807, 2.05) is 55.5 Å². The number of aliphatic carboxylic acids is 1. The van der Waals surface area contributed by atoms with Crippen LogP contribution >= 0.6 is 0 Å². The first-order valence-corrected chi connectivity index (χ1v) is 12.0. The molecule has 186 valence electrons. The number of fused-ring (bicyclic) bond motifs is 1. The molecule has 4 aromatic rings. The van der Waals surface area contributed by atoms with Crippen molar-refractivity contribution in [3.63, 3.8) is 0 Å². The van der Waals surface area contributed by atoms with Gasteiger partial charge in [-0.05, 0) is 35.2 Å². The lowest BCUT2D eigenvalue weighted by Gasteiger charge is -2.16. The SMILES string of the molecule is CCCCc1nc2c(n1Cc1ccc(-c3ccccc3-c3nn[nH]n3)cc1)C(=O)C(C)=C(C(=O)O)C2=O. The van der Waals surface area contributed by atoms with Gasteiger partial charge in [-0.25, -0.2) is 9.78 Å². The first-order chi connectivity index (χ1) is 17.9. The maximum absolute atomic E-state index is 13.2. The minimum absolute atomic E-state index is 0.0680. The predicted molar refractivity (Wildman–Crippen MR) is 134 cm³/mol. The molecule has 2 aromatic heterocycles. The van der Waals surface area contributed by atoms with Gasteiger partial charge >= 0.3 is 5.97 Å². The van der Waals surface area contributed by atoms with Crippen molar-refractivity contribution in [1.82, 2.24) is 30.2 Å². The molecule has 0 saturated carbocycles. The standard InChI is InChI=1S/C27H24N6O4/c1-3-4-9-20-28-22-23(24(34)15(2)21(25(22)35)27(36)37)33(20)14-16-10-12-17(13-11-16)18-7-5-6-8-19(18)26-29-31-32-30-26/h5-8,10-13H,3-4,9,14H2,1-2H3,(H,36,37)(H,29,30,31,32). The monoisotopic (exact) mass is 496 g/mol. The Kier molecular flexibility index (Phi) is 6.31. The summed E-state index contributed by atoms with van der Waals surface area (Å²) in [6, 6.07) is 15.6. The average molecular weight is 497 g/mol. The number of Topliss-reactive ketones (excluding diaryl/α,β-unsaturated/α-hetero) is 2. The summed E-state index contributed by atoms with van der Waals surface area (Å²) in [7, 11) is 0. The fraction of sp³-hybridized carbons (Fsp3) is 0.222. The summed E-state index contributed by atoms with van der Waals surface area (Å²) in [5.74, 6) is -1.52. The molecule has 0 saturated heterocycles. The molecular formula is C27H24N6O4. The van der Waals surface area contributed by atoms with Crippen molar-refractivity contribution >= 4 is 17.5 Å². The number of ketones is 2. The number of carboxylic acid groups (broad SMARTS) is 1. The number of unbranched alkanes of at least 4 members (excludes halogenated alkanes) is 1. The first-order valence-electron chi connectivity index (χ1n) is 12.0. The van der Waals surface area contributed by atoms with Crippen LogP contribution in [0.1, 0.15) is 59.1 Å². The van der Waals surface area contributed by atoms with Crippen LogP contribution in [0.25, 0.3) is 22.5 Å². The molecule has 10 nitrogen and oxygen atoms in total. The number of nitrogens with one attached hydrogen (secondary N) is 1. The molecule has 1 aliphatic rings. The Morgan fingerprint density at radius 3 is 2.41 bits per heavy atom. The summed E-state index contributed by atoms with van der Waals surface area (Å²) in [5.41, 5.74) is 3.16. The topological polar surface area (TPSA) is 144 Å². The summed E-state index contributed by atoms with van der Waals surface area (Å²) >= 11 is 0. The molecule has 0 bridgehead atoms. The number of benzene rings is 2. The van der Waals surface area contributed by atoms with Crippen molar-refractivity contribution in [2.75, 3.05) is 0 Å². The Hall–Kier alpha value is -4.73. The van der Waals surface area contributed by atoms with E-state index in [-0.39, 0.29) is 17.0 Å². The number of allylic oxidation sites excluding steroid dienone is 1. The molecule has 2 aromatic carbocycles. The third-order valence-electron chi connectivity index (χ3n) is 6.51. The van der Waals surface area contributed by atoms with Crippen LogP contribution in [-0.4, -0.2) is 52.8 Å². The largest absolute Gasteiger partial charge is 0.478 e. The van der Waals surface area contributed by atoms with E-state index in [4.69, 9.17) is 0 Å². The van der Waals surface area contributed by atoms with Crippen molar-refractivity contribution in [2.24, 2.45) is 0 Å². The molecule has 10 heteroatoms. The maximum atomic E-state index is 13.2. The van der Waals surface area contributed by atoms with Crippen LogP contribution in [0.4, 0.5) is 0 Å². The number of carboxylic acids is 1. The van der Waals surface area contributed by atoms with Crippen LogP contribution in [0.3, 0.4) is 0 Å². The Labute approximate surface area is 212 Å². The van der Waals surface area contributed by atoms with E-state index in [9.17, 15) is 19.5 Å². The molecule has 0 amide bonds. The number of imidazole rings is 1. The number of rotatable bonds is 8. The van der Waals surface area contributed by atoms with Crippen molar-refractivity contribution in [1.29, 1.82) is 0 Å². The quantitative estimate of drug-likeness (QED) is 0.350. The summed E-state index contributed by atoms with van der Waals surface area (Å²) in [6.07, 6.45) is 2.30. The number of H-pyrrole nitrogens is 1. The number of carbonyl (C=O) groups is 3. The lowest BCUT2D eigenvalue weighted by atomic mass is 9.91. The minimum atomic E-state index is -1.41. The Balaban J connectivity index is 1.52. The van der Waals surface area contributed by atoms with Crippen molar-refractivity contribution in [2.45, 2.75) is 39.7 Å². The smallest absolute Gasteiger partial charge is 0.340 e. The van der Waals surface area contributed by atoms with Gasteiger partial charge in [-0.2, -0.15) is 5.21 Å². The molecule has 0 atom stereocenters. The van der Waals surface area contributed by atoms with Crippen LogP contribution in [0.5, 0.6) is 0 Å². The molecule has 0 fully saturated rings. The zero-order chi connectivity index (χ0) is 26.1. The highest BCUT2D eigenvalue weighted by atomic mass is 16.4. The van der Waals surface area contributed by atoms with Crippen molar-refractivity contribution < 1.29 is 19.5 Å². The number of tetrazole rings is 1. The molecule has 37 heavy (non-hydrogen) atoms. The van der Waals surface area contributed by atoms with E-state index in [1.165, 1.54) is 6.92 Å². The molecule has 0 spiro atoms. The van der Waals surface area contributed by atoms with Gasteiger partial charge in [-0.1, -0.05) is 61.9 Å². The van der Waals surface area contributed by atoms with Crippen LogP contribution in [0, 0.1) is 0 Å². The third kappa shape index (κ3) is 4.26. The van der Waals surface area contributed by atoms with Gasteiger partial charge in [0.1, 0.15) is 22.8 Å². The van der Waals surface area contributed by atoms with Crippen molar-refractivity contribution in [3.8, 4) is 22.5 Å². The number of aryl methyl sites for hydroxylation is 1. The normalized spacial score (nSPS) is 13.2. The second-order valence-electron chi connectivity index (χ2n) is 8.86. The van der Waals surface area contributed by atoms with Crippen LogP contribution in [0.2, 0.25) is 0 Å². The molecule has 2 heterocycles. The number of hydrogen-bond donors (Lipinski definition) is 2. The number of hydrogen-bond acceptors (Lipinski definition) is 7. The van der Waals surface area contributed by atoms with Gasteiger partial charge < -0.3 is 9.67 Å². The molecule has 1 aliphatic carbocycles. The fourth-order valence-corrected chi connectivity index (χ4v) is 4.60. The Bertz CT molecular complexity index is 1550. The molecule has 0 unspecified atom stereocenters. The number of aromatic amines is 1. The van der Waals surface area contributed by atoms with Gasteiger partial charge in [-0.3, -0.25) is 9.59 Å².